The molecule has 1 aliphatic rings. The Morgan fingerprint density at radius 1 is 1.08 bits per heavy atom. The molecule has 132 valence electrons. The topological polar surface area (TPSA) is 44.8 Å². The first-order chi connectivity index (χ1) is 12.3. The Hall–Kier alpha value is -2.53. The van der Waals surface area contributed by atoms with Crippen molar-refractivity contribution in [3.63, 3.8) is 0 Å². The molecule has 0 bridgehead atoms. The zero-order valence-electron chi connectivity index (χ0n) is 14.6. The molecule has 5 nitrogen and oxygen atoms in total. The molecule has 0 aliphatic carbocycles. The summed E-state index contributed by atoms with van der Waals surface area (Å²) >= 11 is 0. The molecule has 0 atom stereocenters. The Balaban J connectivity index is 1.73. The summed E-state index contributed by atoms with van der Waals surface area (Å²) in [5.41, 5.74) is 2.21. The van der Waals surface area contributed by atoms with Gasteiger partial charge in [0.25, 0.3) is 0 Å². The summed E-state index contributed by atoms with van der Waals surface area (Å²) in [5.74, 6) is 1.02. The number of para-hydroxylation sites is 1. The molecule has 2 aromatic rings. The zero-order chi connectivity index (χ0) is 17.5. The van der Waals surface area contributed by atoms with Gasteiger partial charge in [0.15, 0.2) is 0 Å². The van der Waals surface area contributed by atoms with E-state index < -0.39 is 0 Å². The number of hydrogen-bond donors (Lipinski definition) is 1. The summed E-state index contributed by atoms with van der Waals surface area (Å²) < 4.78 is 5.22. The van der Waals surface area contributed by atoms with Crippen LogP contribution in [0.3, 0.4) is 0 Å². The minimum absolute atomic E-state index is 0.180. The number of hydrogen-bond acceptors (Lipinski definition) is 4. The van der Waals surface area contributed by atoms with Crippen LogP contribution in [0.15, 0.2) is 54.6 Å². The second kappa shape index (κ2) is 8.53. The fourth-order valence-corrected chi connectivity index (χ4v) is 3.01. The normalized spacial score (nSPS) is 14.2. The van der Waals surface area contributed by atoms with E-state index in [0.717, 1.165) is 43.2 Å². The molecule has 1 heterocycles. The number of ether oxygens (including phenoxy) is 1. The number of methoxy groups -OCH3 is 1. The number of nitrogens with zero attached hydrogens (tertiary/aromatic N) is 2. The van der Waals surface area contributed by atoms with Crippen LogP contribution in [0.4, 0.5) is 5.69 Å². The second-order valence-electron chi connectivity index (χ2n) is 6.17. The molecule has 0 spiro atoms. The van der Waals surface area contributed by atoms with Crippen molar-refractivity contribution in [3.8, 4) is 5.75 Å². The first kappa shape index (κ1) is 17.3. The third-order valence-corrected chi connectivity index (χ3v) is 4.45. The Labute approximate surface area is 149 Å². The number of benzene rings is 2. The lowest BCUT2D eigenvalue weighted by Crippen LogP contribution is -2.49. The van der Waals surface area contributed by atoms with Crippen molar-refractivity contribution >= 4 is 11.6 Å². The van der Waals surface area contributed by atoms with Gasteiger partial charge in [-0.15, -0.1) is 0 Å². The van der Waals surface area contributed by atoms with E-state index in [-0.39, 0.29) is 5.91 Å². The summed E-state index contributed by atoms with van der Waals surface area (Å²) in [5, 5.41) is 3.29. The van der Waals surface area contributed by atoms with Gasteiger partial charge in [0.2, 0.25) is 5.91 Å². The van der Waals surface area contributed by atoms with Crippen molar-refractivity contribution in [2.75, 3.05) is 44.7 Å². The molecule has 0 aromatic heterocycles. The highest BCUT2D eigenvalue weighted by atomic mass is 16.5. The van der Waals surface area contributed by atoms with Crippen LogP contribution in [-0.2, 0) is 11.3 Å². The van der Waals surface area contributed by atoms with E-state index in [1.807, 2.05) is 47.4 Å². The van der Waals surface area contributed by atoms with Gasteiger partial charge in [-0.2, -0.15) is 0 Å². The van der Waals surface area contributed by atoms with E-state index in [1.165, 1.54) is 0 Å². The molecule has 0 unspecified atom stereocenters. The third-order valence-electron chi connectivity index (χ3n) is 4.45. The van der Waals surface area contributed by atoms with E-state index in [9.17, 15) is 4.79 Å². The Bertz CT molecular complexity index is 667. The maximum Gasteiger partial charge on any atom is 0.242 e. The first-order valence-corrected chi connectivity index (χ1v) is 8.67. The molecule has 3 rings (SSSR count). The van der Waals surface area contributed by atoms with Crippen LogP contribution < -0.4 is 15.0 Å². The van der Waals surface area contributed by atoms with Crippen LogP contribution in [-0.4, -0.2) is 50.6 Å². The van der Waals surface area contributed by atoms with E-state index in [4.69, 9.17) is 4.74 Å². The van der Waals surface area contributed by atoms with E-state index >= 15 is 0 Å². The molecular weight excluding hydrogens is 314 g/mol. The molecule has 0 saturated carbocycles. The highest BCUT2D eigenvalue weighted by Gasteiger charge is 2.19. The van der Waals surface area contributed by atoms with Crippen LogP contribution in [0.2, 0.25) is 0 Å². The van der Waals surface area contributed by atoms with E-state index in [2.05, 4.69) is 22.3 Å². The maximum atomic E-state index is 12.7. The first-order valence-electron chi connectivity index (χ1n) is 8.67. The standard InChI is InChI=1S/C20H25N3O2/c1-25-19-9-7-17(8-10-19)15-23(18-5-3-2-4-6-18)16-20(24)22-13-11-21-12-14-22/h2-10,21H,11-16H2,1H3. The van der Waals surface area contributed by atoms with Gasteiger partial charge in [-0.05, 0) is 29.8 Å². The Kier molecular flexibility index (Phi) is 5.90. The molecule has 1 aliphatic heterocycles. The number of amides is 1. The van der Waals surface area contributed by atoms with Crippen molar-refractivity contribution in [2.45, 2.75) is 6.54 Å². The van der Waals surface area contributed by atoms with Crippen LogP contribution in [0, 0.1) is 0 Å². The fourth-order valence-electron chi connectivity index (χ4n) is 3.01. The molecule has 1 N–H and O–H groups in total. The van der Waals surface area contributed by atoms with Gasteiger partial charge in [-0.3, -0.25) is 4.79 Å². The van der Waals surface area contributed by atoms with Crippen molar-refractivity contribution < 1.29 is 9.53 Å². The maximum absolute atomic E-state index is 12.7. The summed E-state index contributed by atoms with van der Waals surface area (Å²) in [7, 11) is 1.66. The lowest BCUT2D eigenvalue weighted by atomic mass is 10.2. The fraction of sp³-hybridized carbons (Fsp3) is 0.350. The quantitative estimate of drug-likeness (QED) is 0.876. The molecule has 2 aromatic carbocycles. The molecule has 5 heteroatoms. The number of rotatable bonds is 6. The van der Waals surface area contributed by atoms with Crippen LogP contribution in [0.1, 0.15) is 5.56 Å². The number of carbonyl (C=O) groups is 1. The number of nitrogens with one attached hydrogen (secondary N) is 1. The second-order valence-corrected chi connectivity index (χ2v) is 6.17. The molecule has 1 amide bonds. The highest BCUT2D eigenvalue weighted by molar-refractivity contribution is 5.81. The summed E-state index contributed by atoms with van der Waals surface area (Å²) in [6, 6.07) is 18.1. The lowest BCUT2D eigenvalue weighted by Gasteiger charge is -2.31. The predicted molar refractivity (Wildman–Crippen MR) is 99.9 cm³/mol. The van der Waals surface area contributed by atoms with Gasteiger partial charge < -0.3 is 19.9 Å². The van der Waals surface area contributed by atoms with Crippen LogP contribution in [0.5, 0.6) is 5.75 Å². The molecule has 1 fully saturated rings. The SMILES string of the molecule is COc1ccc(CN(CC(=O)N2CCNCC2)c2ccccc2)cc1. The summed E-state index contributed by atoms with van der Waals surface area (Å²) in [6.07, 6.45) is 0. The van der Waals surface area contributed by atoms with Gasteiger partial charge in [0.1, 0.15) is 5.75 Å². The minimum atomic E-state index is 0.180. The van der Waals surface area contributed by atoms with Gasteiger partial charge in [-0.25, -0.2) is 0 Å². The average Bonchev–Trinajstić information content (AvgIpc) is 2.69. The molecule has 1 saturated heterocycles. The zero-order valence-corrected chi connectivity index (χ0v) is 14.6. The molecule has 25 heavy (non-hydrogen) atoms. The predicted octanol–water partition coefficient (Wildman–Crippen LogP) is 2.13. The van der Waals surface area contributed by atoms with Crippen molar-refractivity contribution in [1.29, 1.82) is 0 Å². The minimum Gasteiger partial charge on any atom is -0.497 e. The van der Waals surface area contributed by atoms with Crippen molar-refractivity contribution in [1.82, 2.24) is 10.2 Å². The largest absolute Gasteiger partial charge is 0.497 e. The van der Waals surface area contributed by atoms with E-state index in [1.54, 1.807) is 7.11 Å². The Morgan fingerprint density at radius 3 is 2.40 bits per heavy atom. The lowest BCUT2D eigenvalue weighted by molar-refractivity contribution is -0.130. The van der Waals surface area contributed by atoms with Crippen molar-refractivity contribution in [3.05, 3.63) is 60.2 Å². The van der Waals surface area contributed by atoms with Crippen molar-refractivity contribution in [2.24, 2.45) is 0 Å². The third kappa shape index (κ3) is 4.73. The van der Waals surface area contributed by atoms with Gasteiger partial charge >= 0.3 is 0 Å². The number of anilines is 1. The molecule has 0 radical (unpaired) electrons. The van der Waals surface area contributed by atoms with Gasteiger partial charge in [-0.1, -0.05) is 30.3 Å². The van der Waals surface area contributed by atoms with Crippen LogP contribution >= 0.6 is 0 Å². The van der Waals surface area contributed by atoms with Crippen LogP contribution in [0.25, 0.3) is 0 Å². The highest BCUT2D eigenvalue weighted by Crippen LogP contribution is 2.19. The summed E-state index contributed by atoms with van der Waals surface area (Å²) in [4.78, 5) is 16.8. The smallest absolute Gasteiger partial charge is 0.242 e. The average molecular weight is 339 g/mol. The number of carbonyl (C=O) groups excluding carboxylic acids is 1. The van der Waals surface area contributed by atoms with Gasteiger partial charge in [0.05, 0.1) is 13.7 Å². The molecular formula is C20H25N3O2. The summed E-state index contributed by atoms with van der Waals surface area (Å²) in [6.45, 7) is 4.38. The monoisotopic (exact) mass is 339 g/mol. The van der Waals surface area contributed by atoms with E-state index in [0.29, 0.717) is 13.1 Å². The number of piperazine rings is 1. The Morgan fingerprint density at radius 2 is 1.76 bits per heavy atom. The van der Waals surface area contributed by atoms with Gasteiger partial charge in [0, 0.05) is 38.4 Å².